The average Bonchev–Trinajstić information content (AvgIpc) is 3.36. The molecule has 2 N–H and O–H groups in total. The summed E-state index contributed by atoms with van der Waals surface area (Å²) in [5, 5.41) is 2.91. The minimum atomic E-state index is -1.66. The second-order valence-corrected chi connectivity index (χ2v) is 10.3. The first kappa shape index (κ1) is 22.3. The van der Waals surface area contributed by atoms with Crippen LogP contribution >= 0.6 is 11.3 Å². The predicted molar refractivity (Wildman–Crippen MR) is 138 cm³/mol. The fourth-order valence-corrected chi connectivity index (χ4v) is 5.94. The standard InChI is InChI=1S/C25H18N6O3S2/c1-34-25-20-7-16(12-28-25)21-8-19-23(35-21)22(30-13-29-19)17-5-14(9-26-11-17)10-27-24(32)15-3-2-4-18(6-15)36(33)31-20/h2-9,11-13,31H,10H2,1H3,(H,27,32). The number of thiophene rings is 1. The molecule has 36 heavy (non-hydrogen) atoms. The predicted octanol–water partition coefficient (Wildman–Crippen LogP) is 4.20. The van der Waals surface area contributed by atoms with E-state index in [9.17, 15) is 9.00 Å². The lowest BCUT2D eigenvalue weighted by atomic mass is 10.1. The number of carbonyl (C=O) groups is 1. The highest BCUT2D eigenvalue weighted by Crippen LogP contribution is 2.39. The number of hydrogen-bond donors (Lipinski definition) is 2. The Balaban J connectivity index is 1.55. The Morgan fingerprint density at radius 1 is 1.00 bits per heavy atom. The van der Waals surface area contributed by atoms with Crippen LogP contribution in [0.4, 0.5) is 5.69 Å². The number of carbonyl (C=O) groups excluding carboxylic acids is 1. The number of amides is 1. The van der Waals surface area contributed by atoms with E-state index in [1.807, 2.05) is 18.2 Å². The summed E-state index contributed by atoms with van der Waals surface area (Å²) < 4.78 is 22.5. The molecule has 0 spiro atoms. The normalized spacial score (nSPS) is 15.0. The molecule has 0 aliphatic carbocycles. The summed E-state index contributed by atoms with van der Waals surface area (Å²) in [5.74, 6) is 0.0221. The van der Waals surface area contributed by atoms with Gasteiger partial charge in [0, 0.05) is 46.7 Å². The van der Waals surface area contributed by atoms with Crippen LogP contribution in [0.5, 0.6) is 5.88 Å². The van der Waals surface area contributed by atoms with Crippen LogP contribution in [0.1, 0.15) is 15.9 Å². The van der Waals surface area contributed by atoms with Gasteiger partial charge in [-0.15, -0.1) is 11.3 Å². The number of aromatic nitrogens is 4. The molecule has 11 heteroatoms. The number of benzene rings is 1. The van der Waals surface area contributed by atoms with Crippen LogP contribution < -0.4 is 14.8 Å². The van der Waals surface area contributed by atoms with Crippen molar-refractivity contribution in [2.24, 2.45) is 0 Å². The average molecular weight is 515 g/mol. The molecule has 0 saturated heterocycles. The van der Waals surface area contributed by atoms with Gasteiger partial charge in [0.05, 0.1) is 27.9 Å². The molecule has 5 heterocycles. The highest BCUT2D eigenvalue weighted by Gasteiger charge is 2.17. The van der Waals surface area contributed by atoms with Crippen LogP contribution in [0.25, 0.3) is 31.9 Å². The lowest BCUT2D eigenvalue weighted by Crippen LogP contribution is -2.23. The van der Waals surface area contributed by atoms with Gasteiger partial charge in [0.1, 0.15) is 23.0 Å². The Bertz CT molecular complexity index is 1670. The molecule has 1 aromatic carbocycles. The van der Waals surface area contributed by atoms with Gasteiger partial charge in [-0.2, -0.15) is 0 Å². The minimum absolute atomic E-state index is 0.280. The fraction of sp³-hybridized carbons (Fsp3) is 0.0800. The van der Waals surface area contributed by atoms with Crippen molar-refractivity contribution >= 4 is 44.1 Å². The summed E-state index contributed by atoms with van der Waals surface area (Å²) in [4.78, 5) is 32.0. The molecule has 0 fully saturated rings. The third-order valence-electron chi connectivity index (χ3n) is 5.67. The van der Waals surface area contributed by atoms with Crippen molar-refractivity contribution in [3.63, 3.8) is 0 Å². The molecule has 1 aliphatic rings. The molecular formula is C25H18N6O3S2. The Kier molecular flexibility index (Phi) is 5.62. The Morgan fingerprint density at radius 3 is 2.81 bits per heavy atom. The number of fused-ring (bicyclic) bond motifs is 9. The van der Waals surface area contributed by atoms with Gasteiger partial charge in [0.2, 0.25) is 5.88 Å². The van der Waals surface area contributed by atoms with Crippen LogP contribution in [0, 0.1) is 0 Å². The number of anilines is 1. The molecule has 9 nitrogen and oxygen atoms in total. The van der Waals surface area contributed by atoms with Gasteiger partial charge >= 0.3 is 0 Å². The Hall–Kier alpha value is -4.22. The minimum Gasteiger partial charge on any atom is -0.480 e. The van der Waals surface area contributed by atoms with Crippen molar-refractivity contribution in [2.45, 2.75) is 11.4 Å². The van der Waals surface area contributed by atoms with E-state index in [2.05, 4.69) is 30.0 Å². The molecule has 1 amide bonds. The summed E-state index contributed by atoms with van der Waals surface area (Å²) in [5.41, 5.74) is 4.88. The monoisotopic (exact) mass is 514 g/mol. The number of pyridine rings is 2. The zero-order chi connectivity index (χ0) is 24.6. The molecule has 6 rings (SSSR count). The second-order valence-electron chi connectivity index (χ2n) is 7.99. The number of methoxy groups -OCH3 is 1. The smallest absolute Gasteiger partial charge is 0.251 e. The van der Waals surface area contributed by atoms with Gasteiger partial charge in [0.15, 0.2) is 0 Å². The first-order valence-electron chi connectivity index (χ1n) is 10.9. The van der Waals surface area contributed by atoms with E-state index in [0.717, 1.165) is 37.5 Å². The van der Waals surface area contributed by atoms with Crippen molar-refractivity contribution in [3.8, 4) is 27.6 Å². The fourth-order valence-electron chi connectivity index (χ4n) is 3.93. The lowest BCUT2D eigenvalue weighted by molar-refractivity contribution is 0.0950. The first-order valence-corrected chi connectivity index (χ1v) is 12.9. The molecule has 178 valence electrons. The number of hydrogen-bond acceptors (Lipinski definition) is 8. The lowest BCUT2D eigenvalue weighted by Gasteiger charge is -2.12. The largest absolute Gasteiger partial charge is 0.480 e. The molecular weight excluding hydrogens is 496 g/mol. The third-order valence-corrected chi connectivity index (χ3v) is 7.94. The molecule has 8 bridgehead atoms. The SMILES string of the molecule is COc1ncc2cc1NS(=O)c1cccc(c1)C(=O)NCc1cncc(c1)-c1ncnc3cc-2sc13. The van der Waals surface area contributed by atoms with Gasteiger partial charge in [-0.3, -0.25) is 14.5 Å². The maximum atomic E-state index is 13.2. The van der Waals surface area contributed by atoms with E-state index in [-0.39, 0.29) is 12.5 Å². The van der Waals surface area contributed by atoms with E-state index < -0.39 is 11.0 Å². The van der Waals surface area contributed by atoms with E-state index in [4.69, 9.17) is 4.74 Å². The van der Waals surface area contributed by atoms with Gasteiger partial charge in [0.25, 0.3) is 5.91 Å². The van der Waals surface area contributed by atoms with Crippen molar-refractivity contribution in [1.29, 1.82) is 0 Å². The van der Waals surface area contributed by atoms with Gasteiger partial charge < -0.3 is 10.1 Å². The third kappa shape index (κ3) is 4.08. The maximum Gasteiger partial charge on any atom is 0.251 e. The quantitative estimate of drug-likeness (QED) is 0.344. The van der Waals surface area contributed by atoms with Gasteiger partial charge in [-0.1, -0.05) is 6.07 Å². The molecule has 1 atom stereocenters. The number of ether oxygens (including phenoxy) is 1. The first-order chi connectivity index (χ1) is 17.6. The van der Waals surface area contributed by atoms with Crippen molar-refractivity contribution in [1.82, 2.24) is 25.3 Å². The highest BCUT2D eigenvalue weighted by atomic mass is 32.2. The summed E-state index contributed by atoms with van der Waals surface area (Å²) in [6.45, 7) is 0.280. The molecule has 1 aliphatic heterocycles. The van der Waals surface area contributed by atoms with Gasteiger partial charge in [-0.25, -0.2) is 19.2 Å². The molecule has 0 radical (unpaired) electrons. The highest BCUT2D eigenvalue weighted by molar-refractivity contribution is 7.86. The Labute approximate surface area is 212 Å². The van der Waals surface area contributed by atoms with Crippen molar-refractivity contribution < 1.29 is 13.7 Å². The second kappa shape index (κ2) is 9.10. The number of nitrogens with zero attached hydrogens (tertiary/aromatic N) is 4. The van der Waals surface area contributed by atoms with Crippen LogP contribution in [0.3, 0.4) is 0 Å². The molecule has 1 unspecified atom stereocenters. The van der Waals surface area contributed by atoms with Crippen LogP contribution in [-0.2, 0) is 17.5 Å². The zero-order valence-corrected chi connectivity index (χ0v) is 20.5. The van der Waals surface area contributed by atoms with E-state index in [1.54, 1.807) is 42.9 Å². The van der Waals surface area contributed by atoms with Gasteiger partial charge in [-0.05, 0) is 42.0 Å². The zero-order valence-electron chi connectivity index (χ0n) is 18.9. The molecule has 0 saturated carbocycles. The van der Waals surface area contributed by atoms with Crippen LogP contribution in [0.15, 0.2) is 72.3 Å². The number of nitrogens with one attached hydrogen (secondary N) is 2. The summed E-state index contributed by atoms with van der Waals surface area (Å²) in [6, 6.07) is 12.4. The Morgan fingerprint density at radius 2 is 1.92 bits per heavy atom. The van der Waals surface area contributed by atoms with Crippen LogP contribution in [-0.4, -0.2) is 37.2 Å². The van der Waals surface area contributed by atoms with Crippen molar-refractivity contribution in [2.75, 3.05) is 11.8 Å². The summed E-state index contributed by atoms with van der Waals surface area (Å²) in [6.07, 6.45) is 6.69. The molecule has 4 aromatic heterocycles. The summed E-state index contributed by atoms with van der Waals surface area (Å²) >= 11 is 1.53. The van der Waals surface area contributed by atoms with E-state index in [0.29, 0.717) is 22.0 Å². The van der Waals surface area contributed by atoms with E-state index in [1.165, 1.54) is 24.8 Å². The van der Waals surface area contributed by atoms with Crippen LogP contribution in [0.2, 0.25) is 0 Å². The molecule has 5 aromatic rings. The number of rotatable bonds is 1. The van der Waals surface area contributed by atoms with E-state index >= 15 is 0 Å². The van der Waals surface area contributed by atoms with Crippen molar-refractivity contribution in [3.05, 3.63) is 78.5 Å². The topological polar surface area (TPSA) is 119 Å². The summed E-state index contributed by atoms with van der Waals surface area (Å²) in [7, 11) is -0.161. The maximum absolute atomic E-state index is 13.2.